The number of carbonyl (C=O) groups excluding carboxylic acids is 1. The summed E-state index contributed by atoms with van der Waals surface area (Å²) >= 11 is 7.27. The van der Waals surface area contributed by atoms with Crippen molar-refractivity contribution in [1.82, 2.24) is 24.6 Å². The summed E-state index contributed by atoms with van der Waals surface area (Å²) in [6.07, 6.45) is 4.60. The number of nitrogens with zero attached hydrogens (tertiary/aromatic N) is 5. The standard InChI is InChI=1S/C22H20ClN5O3S/c1-13-17-21(24-12-28(22(17)30)11-16(29)27-9-3-2-4-10-27)32-18(13)20-25-19(26-31-20)14-5-7-15(23)8-6-14/h5-8,12H,2-4,9-11H2,1H3. The van der Waals surface area contributed by atoms with Gasteiger partial charge < -0.3 is 9.42 Å². The first-order valence-corrected chi connectivity index (χ1v) is 11.6. The minimum Gasteiger partial charge on any atom is -0.341 e. The predicted molar refractivity (Wildman–Crippen MR) is 123 cm³/mol. The molecule has 0 saturated carbocycles. The zero-order valence-electron chi connectivity index (χ0n) is 17.4. The lowest BCUT2D eigenvalue weighted by Crippen LogP contribution is -2.39. The van der Waals surface area contributed by atoms with Gasteiger partial charge >= 0.3 is 0 Å². The number of hydrogen-bond acceptors (Lipinski definition) is 7. The third-order valence-electron chi connectivity index (χ3n) is 5.65. The van der Waals surface area contributed by atoms with E-state index in [1.165, 1.54) is 22.2 Å². The monoisotopic (exact) mass is 469 g/mol. The number of rotatable bonds is 4. The van der Waals surface area contributed by atoms with Crippen molar-refractivity contribution in [3.8, 4) is 22.2 Å². The molecule has 0 spiro atoms. The Kier molecular flexibility index (Phi) is 5.52. The first-order chi connectivity index (χ1) is 15.5. The summed E-state index contributed by atoms with van der Waals surface area (Å²) in [7, 11) is 0. The molecule has 4 aromatic rings. The number of carbonyl (C=O) groups is 1. The Morgan fingerprint density at radius 1 is 1.19 bits per heavy atom. The Balaban J connectivity index is 1.46. The van der Waals surface area contributed by atoms with Crippen LogP contribution in [0.15, 0.2) is 39.9 Å². The highest BCUT2D eigenvalue weighted by atomic mass is 35.5. The number of thiophene rings is 1. The van der Waals surface area contributed by atoms with Gasteiger partial charge in [0, 0.05) is 23.7 Å². The third kappa shape index (κ3) is 3.82. The highest BCUT2D eigenvalue weighted by Gasteiger charge is 2.22. The maximum atomic E-state index is 13.2. The van der Waals surface area contributed by atoms with Gasteiger partial charge in [0.2, 0.25) is 11.7 Å². The summed E-state index contributed by atoms with van der Waals surface area (Å²) in [5, 5.41) is 5.16. The van der Waals surface area contributed by atoms with Gasteiger partial charge in [0.15, 0.2) is 0 Å². The summed E-state index contributed by atoms with van der Waals surface area (Å²) < 4.78 is 6.86. The number of likely N-dealkylation sites (tertiary alicyclic amines) is 1. The van der Waals surface area contributed by atoms with Crippen LogP contribution in [-0.4, -0.2) is 43.6 Å². The molecule has 3 aromatic heterocycles. The molecule has 1 aromatic carbocycles. The molecule has 1 aliphatic heterocycles. The van der Waals surface area contributed by atoms with E-state index in [-0.39, 0.29) is 18.0 Å². The second-order valence-corrected chi connectivity index (χ2v) is 9.22. The number of amides is 1. The van der Waals surface area contributed by atoms with E-state index in [2.05, 4.69) is 15.1 Å². The van der Waals surface area contributed by atoms with Crippen LogP contribution in [0.3, 0.4) is 0 Å². The molecule has 8 nitrogen and oxygen atoms in total. The summed E-state index contributed by atoms with van der Waals surface area (Å²) in [5.41, 5.74) is 1.26. The molecule has 0 aliphatic carbocycles. The van der Waals surface area contributed by atoms with Crippen molar-refractivity contribution < 1.29 is 9.32 Å². The van der Waals surface area contributed by atoms with Crippen molar-refractivity contribution in [3.05, 3.63) is 51.5 Å². The maximum Gasteiger partial charge on any atom is 0.268 e. The van der Waals surface area contributed by atoms with Crippen LogP contribution >= 0.6 is 22.9 Å². The number of piperidine rings is 1. The summed E-state index contributed by atoms with van der Waals surface area (Å²) in [5.74, 6) is 0.711. The first kappa shape index (κ1) is 20.8. The number of hydrogen-bond donors (Lipinski definition) is 0. The van der Waals surface area contributed by atoms with Crippen molar-refractivity contribution in [3.63, 3.8) is 0 Å². The van der Waals surface area contributed by atoms with E-state index in [4.69, 9.17) is 16.1 Å². The fourth-order valence-corrected chi connectivity index (χ4v) is 5.08. The summed E-state index contributed by atoms with van der Waals surface area (Å²) in [6, 6.07) is 7.15. The van der Waals surface area contributed by atoms with Crippen LogP contribution in [0.5, 0.6) is 0 Å². The van der Waals surface area contributed by atoms with Gasteiger partial charge in [-0.1, -0.05) is 16.8 Å². The third-order valence-corrected chi connectivity index (χ3v) is 7.09. The second kappa shape index (κ2) is 8.48. The Hall–Kier alpha value is -3.04. The van der Waals surface area contributed by atoms with Crippen molar-refractivity contribution in [2.75, 3.05) is 13.1 Å². The molecule has 4 heterocycles. The Labute approximate surface area is 192 Å². The molecule has 0 unspecified atom stereocenters. The molecular formula is C22H20ClN5O3S. The van der Waals surface area contributed by atoms with Crippen molar-refractivity contribution >= 4 is 39.1 Å². The van der Waals surface area contributed by atoms with E-state index >= 15 is 0 Å². The minimum absolute atomic E-state index is 0.00628. The summed E-state index contributed by atoms with van der Waals surface area (Å²) in [4.78, 5) is 37.8. The van der Waals surface area contributed by atoms with Crippen molar-refractivity contribution in [2.24, 2.45) is 0 Å². The lowest BCUT2D eigenvalue weighted by molar-refractivity contribution is -0.132. The highest BCUT2D eigenvalue weighted by molar-refractivity contribution is 7.22. The van der Waals surface area contributed by atoms with Crippen LogP contribution in [0.2, 0.25) is 5.02 Å². The largest absolute Gasteiger partial charge is 0.341 e. The van der Waals surface area contributed by atoms with E-state index in [1.807, 2.05) is 24.0 Å². The topological polar surface area (TPSA) is 94.1 Å². The molecule has 1 saturated heterocycles. The predicted octanol–water partition coefficient (Wildman–Crippen LogP) is 4.15. The molecule has 1 aliphatic rings. The lowest BCUT2D eigenvalue weighted by atomic mass is 10.1. The van der Waals surface area contributed by atoms with Gasteiger partial charge in [0.05, 0.1) is 16.6 Å². The van der Waals surface area contributed by atoms with Crippen LogP contribution in [0.25, 0.3) is 32.4 Å². The first-order valence-electron chi connectivity index (χ1n) is 10.4. The number of aryl methyl sites for hydroxylation is 1. The van der Waals surface area contributed by atoms with E-state index in [0.29, 0.717) is 37.4 Å². The fraction of sp³-hybridized carbons (Fsp3) is 0.318. The normalized spacial score (nSPS) is 14.2. The number of fused-ring (bicyclic) bond motifs is 1. The van der Waals surface area contributed by atoms with Gasteiger partial charge in [-0.2, -0.15) is 4.98 Å². The average Bonchev–Trinajstić information content (AvgIpc) is 3.42. The molecule has 0 N–H and O–H groups in total. The molecule has 1 amide bonds. The van der Waals surface area contributed by atoms with Gasteiger partial charge in [-0.15, -0.1) is 11.3 Å². The van der Waals surface area contributed by atoms with Gasteiger partial charge in [-0.3, -0.25) is 14.2 Å². The zero-order valence-corrected chi connectivity index (χ0v) is 18.9. The van der Waals surface area contributed by atoms with Crippen LogP contribution < -0.4 is 5.56 Å². The highest BCUT2D eigenvalue weighted by Crippen LogP contribution is 2.35. The van der Waals surface area contributed by atoms with E-state index in [9.17, 15) is 9.59 Å². The fourth-order valence-electron chi connectivity index (χ4n) is 3.90. The van der Waals surface area contributed by atoms with E-state index in [1.54, 1.807) is 12.1 Å². The van der Waals surface area contributed by atoms with Crippen LogP contribution in [-0.2, 0) is 11.3 Å². The smallest absolute Gasteiger partial charge is 0.268 e. The molecule has 1 fully saturated rings. The minimum atomic E-state index is -0.238. The number of benzene rings is 1. The van der Waals surface area contributed by atoms with E-state index < -0.39 is 0 Å². The van der Waals surface area contributed by atoms with Gasteiger partial charge in [0.1, 0.15) is 11.4 Å². The Bertz CT molecular complexity index is 1350. The van der Waals surface area contributed by atoms with Crippen molar-refractivity contribution in [2.45, 2.75) is 32.7 Å². The van der Waals surface area contributed by atoms with Crippen LogP contribution in [0, 0.1) is 6.92 Å². The van der Waals surface area contributed by atoms with E-state index in [0.717, 1.165) is 37.9 Å². The zero-order chi connectivity index (χ0) is 22.2. The average molecular weight is 470 g/mol. The quantitative estimate of drug-likeness (QED) is 0.445. The van der Waals surface area contributed by atoms with Crippen LogP contribution in [0.1, 0.15) is 24.8 Å². The number of aromatic nitrogens is 4. The molecular weight excluding hydrogens is 450 g/mol. The van der Waals surface area contributed by atoms with Crippen molar-refractivity contribution in [1.29, 1.82) is 0 Å². The molecule has 10 heteroatoms. The molecule has 0 atom stereocenters. The maximum absolute atomic E-state index is 13.2. The van der Waals surface area contributed by atoms with Gasteiger partial charge in [-0.05, 0) is 56.0 Å². The molecule has 164 valence electrons. The SMILES string of the molecule is Cc1c(-c2nc(-c3ccc(Cl)cc3)no2)sc2ncn(CC(=O)N3CCCCC3)c(=O)c12. The molecule has 5 rings (SSSR count). The Morgan fingerprint density at radius 2 is 1.94 bits per heavy atom. The van der Waals surface area contributed by atoms with Gasteiger partial charge in [-0.25, -0.2) is 4.98 Å². The number of halogens is 1. The molecule has 0 radical (unpaired) electrons. The van der Waals surface area contributed by atoms with Crippen LogP contribution in [0.4, 0.5) is 0 Å². The summed E-state index contributed by atoms with van der Waals surface area (Å²) in [6.45, 7) is 3.32. The lowest BCUT2D eigenvalue weighted by Gasteiger charge is -2.26. The molecule has 0 bridgehead atoms. The second-order valence-electron chi connectivity index (χ2n) is 7.79. The molecule has 32 heavy (non-hydrogen) atoms. The Morgan fingerprint density at radius 3 is 2.69 bits per heavy atom. The van der Waals surface area contributed by atoms with Gasteiger partial charge in [0.25, 0.3) is 11.4 Å².